The maximum absolute atomic E-state index is 11.3. The summed E-state index contributed by atoms with van der Waals surface area (Å²) in [7, 11) is 0. The van der Waals surface area contributed by atoms with Gasteiger partial charge in [-0.25, -0.2) is 4.99 Å². The van der Waals surface area contributed by atoms with Crippen molar-refractivity contribution in [1.29, 1.82) is 0 Å². The Kier molecular flexibility index (Phi) is 3.48. The minimum atomic E-state index is -0.468. The number of hydrogen-bond donors (Lipinski definition) is 0. The number of aliphatic imine (C=N–C) groups is 1. The molecule has 4 nitrogen and oxygen atoms in total. The third-order valence-corrected chi connectivity index (χ3v) is 2.35. The first-order valence-electron chi connectivity index (χ1n) is 5.40. The van der Waals surface area contributed by atoms with Crippen LogP contribution < -0.4 is 4.74 Å². The Morgan fingerprint density at radius 1 is 1.22 bits per heavy atom. The van der Waals surface area contributed by atoms with Crippen LogP contribution >= 0.6 is 0 Å². The lowest BCUT2D eigenvalue weighted by Crippen LogP contribution is -1.98. The number of pyridine rings is 1. The maximum Gasteiger partial charge on any atom is 0.295 e. The van der Waals surface area contributed by atoms with Gasteiger partial charge in [-0.3, -0.25) is 9.78 Å². The Morgan fingerprint density at radius 3 is 2.61 bits per heavy atom. The van der Waals surface area contributed by atoms with E-state index in [0.717, 1.165) is 5.56 Å². The van der Waals surface area contributed by atoms with Crippen LogP contribution in [0.25, 0.3) is 0 Å². The van der Waals surface area contributed by atoms with Crippen LogP contribution in [-0.2, 0) is 0 Å². The Morgan fingerprint density at radius 2 is 1.94 bits per heavy atom. The lowest BCUT2D eigenvalue weighted by molar-refractivity contribution is 0.0999. The molecule has 0 aliphatic carbocycles. The van der Waals surface area contributed by atoms with Crippen molar-refractivity contribution in [3.8, 4) is 11.5 Å². The van der Waals surface area contributed by atoms with Crippen molar-refractivity contribution in [3.63, 3.8) is 0 Å². The van der Waals surface area contributed by atoms with Gasteiger partial charge in [-0.2, -0.15) is 0 Å². The second-order valence-corrected chi connectivity index (χ2v) is 3.76. The minimum absolute atomic E-state index is 0.217. The normalized spacial score (nSPS) is 9.83. The molecule has 0 spiro atoms. The molecule has 2 rings (SSSR count). The van der Waals surface area contributed by atoms with E-state index in [-0.39, 0.29) is 5.69 Å². The van der Waals surface area contributed by atoms with Crippen LogP contribution in [0.5, 0.6) is 11.5 Å². The number of ether oxygens (including phenoxy) is 1. The Labute approximate surface area is 105 Å². The molecular formula is C14H12N2O2. The zero-order valence-corrected chi connectivity index (χ0v) is 9.96. The second-order valence-electron chi connectivity index (χ2n) is 3.76. The summed E-state index contributed by atoms with van der Waals surface area (Å²) < 4.78 is 5.61. The van der Waals surface area contributed by atoms with Crippen molar-refractivity contribution in [2.45, 2.75) is 6.92 Å². The number of nitrogens with zero attached hydrogens (tertiary/aromatic N) is 2. The molecule has 2 aromatic rings. The topological polar surface area (TPSA) is 51.5 Å². The van der Waals surface area contributed by atoms with Gasteiger partial charge < -0.3 is 4.74 Å². The standard InChI is InChI=1S/C14H12N2O2/c1-10-3-5-11(6-4-10)18-12-7-8-16-13(9-12)14(17)15-2/h3-9H,2H2,1H3. The Balaban J connectivity index is 2.21. The van der Waals surface area contributed by atoms with Gasteiger partial charge in [0.25, 0.3) is 5.91 Å². The highest BCUT2D eigenvalue weighted by molar-refractivity contribution is 5.95. The highest BCUT2D eigenvalue weighted by atomic mass is 16.5. The molecule has 1 aromatic carbocycles. The average molecular weight is 240 g/mol. The van der Waals surface area contributed by atoms with Gasteiger partial charge in [0.2, 0.25) is 0 Å². The van der Waals surface area contributed by atoms with Crippen LogP contribution in [0.3, 0.4) is 0 Å². The molecule has 4 heteroatoms. The van der Waals surface area contributed by atoms with Gasteiger partial charge in [-0.15, -0.1) is 0 Å². The van der Waals surface area contributed by atoms with Crippen LogP contribution in [0.2, 0.25) is 0 Å². The summed E-state index contributed by atoms with van der Waals surface area (Å²) in [5, 5.41) is 0. The summed E-state index contributed by atoms with van der Waals surface area (Å²) in [6, 6.07) is 10.9. The van der Waals surface area contributed by atoms with Gasteiger partial charge in [0.1, 0.15) is 17.2 Å². The van der Waals surface area contributed by atoms with Gasteiger partial charge in [-0.1, -0.05) is 17.7 Å². The molecule has 0 atom stereocenters. The molecule has 1 heterocycles. The second kappa shape index (κ2) is 5.23. The van der Waals surface area contributed by atoms with Crippen molar-refractivity contribution in [1.82, 2.24) is 4.98 Å². The largest absolute Gasteiger partial charge is 0.457 e. The summed E-state index contributed by atoms with van der Waals surface area (Å²) in [6.45, 7) is 5.18. The van der Waals surface area contributed by atoms with Crippen LogP contribution in [-0.4, -0.2) is 17.6 Å². The monoisotopic (exact) mass is 240 g/mol. The van der Waals surface area contributed by atoms with Crippen LogP contribution in [0.15, 0.2) is 47.6 Å². The summed E-state index contributed by atoms with van der Waals surface area (Å²) in [6.07, 6.45) is 1.50. The lowest BCUT2D eigenvalue weighted by Gasteiger charge is -2.06. The number of benzene rings is 1. The van der Waals surface area contributed by atoms with E-state index < -0.39 is 5.91 Å². The lowest BCUT2D eigenvalue weighted by atomic mass is 10.2. The van der Waals surface area contributed by atoms with Crippen molar-refractivity contribution < 1.29 is 9.53 Å². The summed E-state index contributed by atoms with van der Waals surface area (Å²) in [5.74, 6) is 0.780. The van der Waals surface area contributed by atoms with E-state index in [0.29, 0.717) is 11.5 Å². The van der Waals surface area contributed by atoms with Gasteiger partial charge >= 0.3 is 0 Å². The van der Waals surface area contributed by atoms with E-state index in [1.54, 1.807) is 6.07 Å². The molecule has 0 fully saturated rings. The fraction of sp³-hybridized carbons (Fsp3) is 0.0714. The molecule has 0 bridgehead atoms. The van der Waals surface area contributed by atoms with Crippen LogP contribution in [0, 0.1) is 6.92 Å². The number of rotatable bonds is 3. The molecule has 90 valence electrons. The first kappa shape index (κ1) is 12.0. The first-order valence-corrected chi connectivity index (χ1v) is 5.40. The quantitative estimate of drug-likeness (QED) is 0.775. The first-order chi connectivity index (χ1) is 8.69. The third kappa shape index (κ3) is 2.79. The zero-order valence-electron chi connectivity index (χ0n) is 9.96. The van der Waals surface area contributed by atoms with Crippen molar-refractivity contribution >= 4 is 12.6 Å². The molecule has 0 aliphatic heterocycles. The number of carbonyl (C=O) groups excluding carboxylic acids is 1. The molecule has 18 heavy (non-hydrogen) atoms. The summed E-state index contributed by atoms with van der Waals surface area (Å²) >= 11 is 0. The van der Waals surface area contributed by atoms with E-state index in [2.05, 4.69) is 16.7 Å². The van der Waals surface area contributed by atoms with E-state index in [1.165, 1.54) is 12.3 Å². The average Bonchev–Trinajstić information content (AvgIpc) is 2.41. The molecule has 0 aliphatic rings. The molecule has 1 aromatic heterocycles. The predicted molar refractivity (Wildman–Crippen MR) is 69.4 cm³/mol. The third-order valence-electron chi connectivity index (χ3n) is 2.35. The van der Waals surface area contributed by atoms with Gasteiger partial charge in [0.15, 0.2) is 0 Å². The number of hydrogen-bond acceptors (Lipinski definition) is 3. The molecular weight excluding hydrogens is 228 g/mol. The van der Waals surface area contributed by atoms with E-state index >= 15 is 0 Å². The van der Waals surface area contributed by atoms with Crippen molar-refractivity contribution in [2.75, 3.05) is 0 Å². The van der Waals surface area contributed by atoms with Crippen LogP contribution in [0.1, 0.15) is 16.1 Å². The predicted octanol–water partition coefficient (Wildman–Crippen LogP) is 3.02. The number of carbonyl (C=O) groups is 1. The number of amides is 1. The number of aromatic nitrogens is 1. The van der Waals surface area contributed by atoms with E-state index in [4.69, 9.17) is 4.74 Å². The van der Waals surface area contributed by atoms with Crippen LogP contribution in [0.4, 0.5) is 0 Å². The minimum Gasteiger partial charge on any atom is -0.457 e. The molecule has 0 radical (unpaired) electrons. The smallest absolute Gasteiger partial charge is 0.295 e. The molecule has 1 amide bonds. The Bertz CT molecular complexity index is 577. The Hall–Kier alpha value is -2.49. The highest BCUT2D eigenvalue weighted by Crippen LogP contribution is 2.21. The fourth-order valence-electron chi connectivity index (χ4n) is 1.41. The van der Waals surface area contributed by atoms with Gasteiger partial charge in [-0.05, 0) is 31.8 Å². The molecule has 0 N–H and O–H groups in total. The van der Waals surface area contributed by atoms with E-state index in [1.807, 2.05) is 31.2 Å². The van der Waals surface area contributed by atoms with Gasteiger partial charge in [0, 0.05) is 12.3 Å². The molecule has 0 saturated carbocycles. The van der Waals surface area contributed by atoms with Crippen molar-refractivity contribution in [2.24, 2.45) is 4.99 Å². The zero-order chi connectivity index (χ0) is 13.0. The number of aryl methyl sites for hydroxylation is 1. The molecule has 0 unspecified atom stereocenters. The maximum atomic E-state index is 11.3. The van der Waals surface area contributed by atoms with Crippen molar-refractivity contribution in [3.05, 3.63) is 53.9 Å². The summed E-state index contributed by atoms with van der Waals surface area (Å²) in [5.41, 5.74) is 1.37. The van der Waals surface area contributed by atoms with Gasteiger partial charge in [0.05, 0.1) is 0 Å². The van der Waals surface area contributed by atoms with E-state index in [9.17, 15) is 4.79 Å². The SMILES string of the molecule is C=NC(=O)c1cc(Oc2ccc(C)cc2)ccn1. The fourth-order valence-corrected chi connectivity index (χ4v) is 1.41. The molecule has 0 saturated heterocycles. The summed E-state index contributed by atoms with van der Waals surface area (Å²) in [4.78, 5) is 18.5. The highest BCUT2D eigenvalue weighted by Gasteiger charge is 2.06.